The summed E-state index contributed by atoms with van der Waals surface area (Å²) in [6, 6.07) is -1.10. The van der Waals surface area contributed by atoms with Crippen molar-refractivity contribution in [2.24, 2.45) is 29.6 Å². The maximum Gasteiger partial charge on any atom is 0.329 e. The van der Waals surface area contributed by atoms with Crippen LogP contribution in [0.4, 0.5) is 0 Å². The zero-order valence-corrected chi connectivity index (χ0v) is 33.4. The number of likely N-dealkylation sites (tertiary alicyclic amines) is 1. The quantitative estimate of drug-likeness (QED) is 0.0880. The summed E-state index contributed by atoms with van der Waals surface area (Å²) in [5, 5.41) is 33.5. The van der Waals surface area contributed by atoms with Gasteiger partial charge < -0.3 is 39.2 Å². The number of Topliss-reactive ketones (excluding diaryl/α,β-unsaturated/α-hetero) is 2. The van der Waals surface area contributed by atoms with Gasteiger partial charge in [-0.25, -0.2) is 4.79 Å². The number of amides is 1. The Morgan fingerprint density at radius 3 is 2.31 bits per heavy atom. The monoisotopic (exact) mass is 761 g/mol. The highest BCUT2D eigenvalue weighted by Crippen LogP contribution is 2.38. The number of ether oxygens (including phenoxy) is 4. The van der Waals surface area contributed by atoms with Gasteiger partial charge in [0.2, 0.25) is 5.79 Å². The van der Waals surface area contributed by atoms with Gasteiger partial charge in [0.1, 0.15) is 24.0 Å². The van der Waals surface area contributed by atoms with E-state index in [9.17, 15) is 34.5 Å². The fraction of sp³-hybridized carbons (Fsp3) is 0.762. The SMILES string of the molecule is C=CCC(CC=C)C(=O)CC(O)C(C)C(OC(=O)[C@@H]1CCCCN1C(=O)C(=O)C1(O)OC(C(C=CC)OC)CC[C@H]1C)C(C)C[C@@H]1CCC(O)C(OC)C1. The van der Waals surface area contributed by atoms with Gasteiger partial charge in [0, 0.05) is 44.9 Å². The Morgan fingerprint density at radius 1 is 1.02 bits per heavy atom. The molecule has 1 amide bonds. The standard InChI is InChI=1S/C42H67NO11/c1-9-14-30(15-10-2)34(46)25-33(45)28(6)38(26(4)23-29-19-20-32(44)37(24-29)52-8)53-41(49)31-17-12-13-22-43(31)40(48)39(47)42(50)27(5)18-21-36(54-42)35(51-7)16-11-3/h9-11,16,26-33,35-38,44-45,50H,1-2,12-15,17-25H2,3-8H3/t26?,27-,28?,29+,31+,32?,33?,35?,36?,37?,38?,42?/m1/s1. The first kappa shape index (κ1) is 45.6. The molecule has 2 saturated heterocycles. The summed E-state index contributed by atoms with van der Waals surface area (Å²) in [5.41, 5.74) is 0. The minimum atomic E-state index is -2.41. The van der Waals surface area contributed by atoms with E-state index in [4.69, 9.17) is 18.9 Å². The van der Waals surface area contributed by atoms with E-state index in [1.807, 2.05) is 13.8 Å². The second-order valence-corrected chi connectivity index (χ2v) is 15.9. The minimum Gasteiger partial charge on any atom is -0.460 e. The molecule has 0 radical (unpaired) electrons. The van der Waals surface area contributed by atoms with Gasteiger partial charge >= 0.3 is 5.97 Å². The van der Waals surface area contributed by atoms with Gasteiger partial charge in [-0.15, -0.1) is 13.2 Å². The molecule has 3 N–H and O–H groups in total. The third-order valence-electron chi connectivity index (χ3n) is 12.0. The van der Waals surface area contributed by atoms with Crippen LogP contribution in [-0.4, -0.2) is 113 Å². The summed E-state index contributed by atoms with van der Waals surface area (Å²) in [5.74, 6) is -7.25. The summed E-state index contributed by atoms with van der Waals surface area (Å²) in [6.07, 6.45) is 8.50. The van der Waals surface area contributed by atoms with E-state index in [2.05, 4.69) is 13.2 Å². The largest absolute Gasteiger partial charge is 0.460 e. The Morgan fingerprint density at radius 2 is 1.70 bits per heavy atom. The van der Waals surface area contributed by atoms with Gasteiger partial charge in [-0.05, 0) is 89.4 Å². The maximum atomic E-state index is 14.2. The lowest BCUT2D eigenvalue weighted by molar-refractivity contribution is -0.273. The molecule has 12 nitrogen and oxygen atoms in total. The Hall–Kier alpha value is -2.74. The lowest BCUT2D eigenvalue weighted by atomic mass is 9.76. The van der Waals surface area contributed by atoms with Gasteiger partial charge in [-0.1, -0.05) is 45.1 Å². The number of hydrogen-bond acceptors (Lipinski definition) is 11. The van der Waals surface area contributed by atoms with Crippen LogP contribution >= 0.6 is 0 Å². The number of esters is 1. The highest BCUT2D eigenvalue weighted by atomic mass is 16.6. The van der Waals surface area contributed by atoms with E-state index < -0.39 is 71.8 Å². The van der Waals surface area contributed by atoms with Gasteiger partial charge in [-0.2, -0.15) is 0 Å². The highest BCUT2D eigenvalue weighted by molar-refractivity contribution is 6.39. The van der Waals surface area contributed by atoms with Crippen LogP contribution in [0.2, 0.25) is 0 Å². The van der Waals surface area contributed by atoms with Crippen molar-refractivity contribution in [3.8, 4) is 0 Å². The van der Waals surface area contributed by atoms with Crippen LogP contribution < -0.4 is 0 Å². The van der Waals surface area contributed by atoms with E-state index >= 15 is 0 Å². The van der Waals surface area contributed by atoms with Gasteiger partial charge in [0.15, 0.2) is 0 Å². The number of ketones is 2. The van der Waals surface area contributed by atoms with Crippen LogP contribution in [-0.2, 0) is 38.1 Å². The molecule has 0 spiro atoms. The number of nitrogens with zero attached hydrogens (tertiary/aromatic N) is 1. The Bertz CT molecular complexity index is 1290. The first-order valence-corrected chi connectivity index (χ1v) is 19.9. The molecule has 0 bridgehead atoms. The number of methoxy groups -OCH3 is 2. The predicted octanol–water partition coefficient (Wildman–Crippen LogP) is 4.87. The normalized spacial score (nSPS) is 30.6. The molecule has 2 heterocycles. The van der Waals surface area contributed by atoms with Crippen molar-refractivity contribution < 1.29 is 53.4 Å². The topological polar surface area (TPSA) is 169 Å². The average molecular weight is 762 g/mol. The molecule has 54 heavy (non-hydrogen) atoms. The fourth-order valence-corrected chi connectivity index (χ4v) is 8.59. The fourth-order valence-electron chi connectivity index (χ4n) is 8.59. The average Bonchev–Trinajstić information content (AvgIpc) is 3.16. The third kappa shape index (κ3) is 11.4. The molecule has 0 aromatic heterocycles. The number of carbonyl (C=O) groups is 4. The number of hydrogen-bond donors (Lipinski definition) is 3. The Kier molecular flexibility index (Phi) is 18.2. The molecule has 12 heteroatoms. The Balaban J connectivity index is 1.86. The van der Waals surface area contributed by atoms with Crippen LogP contribution in [0.25, 0.3) is 0 Å². The molecule has 3 aliphatic rings. The molecular formula is C42H67NO11. The molecule has 1 aliphatic carbocycles. The lowest BCUT2D eigenvalue weighted by Gasteiger charge is -2.43. The molecule has 9 unspecified atom stereocenters. The molecule has 12 atom stereocenters. The van der Waals surface area contributed by atoms with Crippen LogP contribution in [0.1, 0.15) is 105 Å². The van der Waals surface area contributed by atoms with Crippen molar-refractivity contribution in [3.05, 3.63) is 37.5 Å². The van der Waals surface area contributed by atoms with Crippen molar-refractivity contribution in [1.29, 1.82) is 0 Å². The van der Waals surface area contributed by atoms with Crippen LogP contribution in [0.15, 0.2) is 37.5 Å². The summed E-state index contributed by atoms with van der Waals surface area (Å²) >= 11 is 0. The number of carbonyl (C=O) groups excluding carboxylic acids is 4. The van der Waals surface area contributed by atoms with E-state index in [0.717, 1.165) is 6.42 Å². The second kappa shape index (κ2) is 21.5. The summed E-state index contributed by atoms with van der Waals surface area (Å²) in [7, 11) is 3.08. The number of aliphatic hydroxyl groups excluding tert-OH is 2. The molecule has 1 saturated carbocycles. The summed E-state index contributed by atoms with van der Waals surface area (Å²) in [4.78, 5) is 56.6. The smallest absolute Gasteiger partial charge is 0.329 e. The molecule has 3 rings (SSSR count). The first-order valence-electron chi connectivity index (χ1n) is 19.9. The highest BCUT2D eigenvalue weighted by Gasteiger charge is 2.54. The van der Waals surface area contributed by atoms with Gasteiger partial charge in [-0.3, -0.25) is 14.4 Å². The number of piperidine rings is 1. The zero-order chi connectivity index (χ0) is 40.2. The molecule has 0 aromatic rings. The number of aliphatic hydroxyl groups is 3. The molecular weight excluding hydrogens is 694 g/mol. The van der Waals surface area contributed by atoms with Crippen LogP contribution in [0.3, 0.4) is 0 Å². The molecule has 306 valence electrons. The number of rotatable bonds is 20. The maximum absolute atomic E-state index is 14.2. The lowest BCUT2D eigenvalue weighted by Crippen LogP contribution is -2.61. The molecule has 3 fully saturated rings. The van der Waals surface area contributed by atoms with E-state index in [0.29, 0.717) is 57.8 Å². The number of allylic oxidation sites excluding steroid dienone is 3. The van der Waals surface area contributed by atoms with Crippen molar-refractivity contribution in [1.82, 2.24) is 4.90 Å². The molecule has 2 aliphatic heterocycles. The second-order valence-electron chi connectivity index (χ2n) is 15.9. The van der Waals surface area contributed by atoms with Crippen LogP contribution in [0.5, 0.6) is 0 Å². The van der Waals surface area contributed by atoms with Crippen molar-refractivity contribution >= 4 is 23.4 Å². The minimum absolute atomic E-state index is 0.112. The van der Waals surface area contributed by atoms with Gasteiger partial charge in [0.25, 0.3) is 11.7 Å². The van der Waals surface area contributed by atoms with Crippen molar-refractivity contribution in [2.75, 3.05) is 20.8 Å². The van der Waals surface area contributed by atoms with E-state index in [1.54, 1.807) is 45.3 Å². The predicted molar refractivity (Wildman–Crippen MR) is 204 cm³/mol. The summed E-state index contributed by atoms with van der Waals surface area (Å²) in [6.45, 7) is 14.8. The van der Waals surface area contributed by atoms with Crippen molar-refractivity contribution in [3.63, 3.8) is 0 Å². The van der Waals surface area contributed by atoms with Gasteiger partial charge in [0.05, 0.1) is 24.4 Å². The van der Waals surface area contributed by atoms with E-state index in [-0.39, 0.29) is 49.0 Å². The van der Waals surface area contributed by atoms with Crippen LogP contribution in [0, 0.1) is 29.6 Å². The van der Waals surface area contributed by atoms with E-state index in [1.165, 1.54) is 12.0 Å². The van der Waals surface area contributed by atoms with Crippen molar-refractivity contribution in [2.45, 2.75) is 153 Å². The summed E-state index contributed by atoms with van der Waals surface area (Å²) < 4.78 is 23.3. The molecule has 0 aromatic carbocycles. The Labute approximate surface area is 322 Å². The third-order valence-corrected chi connectivity index (χ3v) is 12.0. The zero-order valence-electron chi connectivity index (χ0n) is 33.4. The first-order chi connectivity index (χ1) is 25.7.